The molecule has 0 saturated carbocycles. The molecule has 8 nitrogen and oxygen atoms in total. The Labute approximate surface area is 208 Å². The predicted molar refractivity (Wildman–Crippen MR) is 129 cm³/mol. The zero-order chi connectivity index (χ0) is 24.7. The third-order valence-electron chi connectivity index (χ3n) is 7.78. The van der Waals surface area contributed by atoms with Crippen LogP contribution in [0.1, 0.15) is 49.6 Å². The first-order valence-corrected chi connectivity index (χ1v) is 12.7. The highest BCUT2D eigenvalue weighted by molar-refractivity contribution is 6.31. The molecule has 2 bridgehead atoms. The molecule has 5 rings (SSSR count). The van der Waals surface area contributed by atoms with Crippen molar-refractivity contribution >= 4 is 34.3 Å². The number of aromatic nitrogens is 2. The predicted octanol–water partition coefficient (Wildman–Crippen LogP) is 2.97. The summed E-state index contributed by atoms with van der Waals surface area (Å²) < 4.78 is 27.5. The summed E-state index contributed by atoms with van der Waals surface area (Å²) in [4.78, 5) is 31.5. The lowest BCUT2D eigenvalue weighted by atomic mass is 9.97. The number of hydrogen-bond acceptors (Lipinski definition) is 5. The van der Waals surface area contributed by atoms with Crippen molar-refractivity contribution in [3.63, 3.8) is 0 Å². The standard InChI is InChI=1S/C24H31ClF2N6O2/c1-15(34)31-9-6-30(7-10-31)8-11-32-18-3-4-19(32)14-17(13-18)28-23(35)22-20-12-16(25)2-5-21(20)33(29-22)24(26)27/h2,5,12,17-19,24H,3-4,6-11,13-14H2,1H3,(H,28,35)/t17-,18-,19+. The number of benzene rings is 1. The maximum atomic E-state index is 13.5. The van der Waals surface area contributed by atoms with Gasteiger partial charge in [-0.3, -0.25) is 19.4 Å². The number of fused-ring (bicyclic) bond motifs is 3. The van der Waals surface area contributed by atoms with Crippen molar-refractivity contribution in [2.45, 2.75) is 57.3 Å². The number of alkyl halides is 2. The Bertz CT molecular complexity index is 1090. The van der Waals surface area contributed by atoms with Crippen molar-refractivity contribution in [1.29, 1.82) is 0 Å². The van der Waals surface area contributed by atoms with Crippen LogP contribution in [0.25, 0.3) is 10.9 Å². The van der Waals surface area contributed by atoms with E-state index in [1.165, 1.54) is 18.2 Å². The molecule has 4 heterocycles. The van der Waals surface area contributed by atoms with E-state index in [9.17, 15) is 18.4 Å². The van der Waals surface area contributed by atoms with E-state index in [2.05, 4.69) is 20.2 Å². The largest absolute Gasteiger partial charge is 0.348 e. The number of hydrogen-bond donors (Lipinski definition) is 1. The SMILES string of the molecule is CC(=O)N1CCN(CCN2[C@@H]3CC[C@H]2C[C@H](NC(=O)c2nn(C(F)F)c4ccc(Cl)cc24)C3)CC1. The molecular weight excluding hydrogens is 478 g/mol. The Morgan fingerprint density at radius 2 is 1.80 bits per heavy atom. The Morgan fingerprint density at radius 1 is 1.11 bits per heavy atom. The maximum Gasteiger partial charge on any atom is 0.333 e. The second-order valence-corrected chi connectivity index (χ2v) is 10.3. The number of piperidine rings is 1. The van der Waals surface area contributed by atoms with Crippen LogP contribution in [-0.2, 0) is 4.79 Å². The minimum absolute atomic E-state index is 0.0118. The summed E-state index contributed by atoms with van der Waals surface area (Å²) in [7, 11) is 0. The van der Waals surface area contributed by atoms with Gasteiger partial charge in [0.25, 0.3) is 5.91 Å². The highest BCUT2D eigenvalue weighted by Crippen LogP contribution is 2.36. The van der Waals surface area contributed by atoms with Gasteiger partial charge in [-0.1, -0.05) is 11.6 Å². The lowest BCUT2D eigenvalue weighted by Gasteiger charge is -2.41. The topological polar surface area (TPSA) is 73.7 Å². The van der Waals surface area contributed by atoms with Crippen LogP contribution in [0, 0.1) is 0 Å². The second kappa shape index (κ2) is 9.99. The van der Waals surface area contributed by atoms with Crippen LogP contribution in [0.15, 0.2) is 18.2 Å². The van der Waals surface area contributed by atoms with Gasteiger partial charge in [0.1, 0.15) is 0 Å². The van der Waals surface area contributed by atoms with Gasteiger partial charge >= 0.3 is 6.55 Å². The Balaban J connectivity index is 1.19. The molecule has 1 N–H and O–H groups in total. The maximum absolute atomic E-state index is 13.5. The summed E-state index contributed by atoms with van der Waals surface area (Å²) in [5.41, 5.74) is 0.177. The molecule has 2 aromatic rings. The first-order chi connectivity index (χ1) is 16.8. The summed E-state index contributed by atoms with van der Waals surface area (Å²) in [6.45, 7) is 4.14. The molecule has 11 heteroatoms. The van der Waals surface area contributed by atoms with Crippen LogP contribution in [0.4, 0.5) is 8.78 Å². The normalized spacial score (nSPS) is 25.5. The van der Waals surface area contributed by atoms with Gasteiger partial charge in [0.2, 0.25) is 5.91 Å². The van der Waals surface area contributed by atoms with Crippen LogP contribution in [0.2, 0.25) is 5.02 Å². The third kappa shape index (κ3) is 5.01. The van der Waals surface area contributed by atoms with E-state index in [0.717, 1.165) is 65.0 Å². The highest BCUT2D eigenvalue weighted by atomic mass is 35.5. The average Bonchev–Trinajstić information content (AvgIpc) is 3.32. The van der Waals surface area contributed by atoms with E-state index in [4.69, 9.17) is 11.6 Å². The van der Waals surface area contributed by atoms with Crippen LogP contribution in [0.5, 0.6) is 0 Å². The highest BCUT2D eigenvalue weighted by Gasteiger charge is 2.41. The fraction of sp³-hybridized carbons (Fsp3) is 0.625. The van der Waals surface area contributed by atoms with Crippen molar-refractivity contribution < 1.29 is 18.4 Å². The van der Waals surface area contributed by atoms with Gasteiger partial charge < -0.3 is 10.2 Å². The molecule has 1 aromatic carbocycles. The van der Waals surface area contributed by atoms with Gasteiger partial charge in [0.15, 0.2) is 5.69 Å². The first kappa shape index (κ1) is 24.4. The molecule has 0 aliphatic carbocycles. The van der Waals surface area contributed by atoms with Gasteiger partial charge in [0.05, 0.1) is 5.52 Å². The summed E-state index contributed by atoms with van der Waals surface area (Å²) in [5, 5.41) is 7.68. The monoisotopic (exact) mass is 508 g/mol. The van der Waals surface area contributed by atoms with Crippen molar-refractivity contribution in [3.8, 4) is 0 Å². The Morgan fingerprint density at radius 3 is 2.43 bits per heavy atom. The zero-order valence-electron chi connectivity index (χ0n) is 19.8. The molecule has 1 aromatic heterocycles. The first-order valence-electron chi connectivity index (χ1n) is 12.3. The minimum atomic E-state index is -2.84. The van der Waals surface area contributed by atoms with Crippen molar-refractivity contribution in [3.05, 3.63) is 28.9 Å². The second-order valence-electron chi connectivity index (χ2n) is 9.84. The lowest BCUT2D eigenvalue weighted by Crippen LogP contribution is -2.54. The number of piperazine rings is 1. The van der Waals surface area contributed by atoms with Crippen LogP contribution < -0.4 is 5.32 Å². The number of amides is 2. The van der Waals surface area contributed by atoms with Gasteiger partial charge in [0, 0.05) is 74.7 Å². The van der Waals surface area contributed by atoms with E-state index < -0.39 is 12.5 Å². The van der Waals surface area contributed by atoms with E-state index in [1.54, 1.807) is 6.92 Å². The van der Waals surface area contributed by atoms with Crippen molar-refractivity contribution in [2.75, 3.05) is 39.3 Å². The summed E-state index contributed by atoms with van der Waals surface area (Å²) in [5.74, 6) is -0.290. The fourth-order valence-corrected chi connectivity index (χ4v) is 6.16. The molecular formula is C24H31ClF2N6O2. The van der Waals surface area contributed by atoms with E-state index in [-0.39, 0.29) is 23.2 Å². The van der Waals surface area contributed by atoms with Crippen LogP contribution in [-0.4, -0.2) is 93.7 Å². The van der Waals surface area contributed by atoms with E-state index in [0.29, 0.717) is 27.2 Å². The lowest BCUT2D eigenvalue weighted by molar-refractivity contribution is -0.130. The molecule has 0 unspecified atom stereocenters. The molecule has 3 aliphatic rings. The number of rotatable bonds is 6. The van der Waals surface area contributed by atoms with E-state index in [1.807, 2.05) is 4.90 Å². The van der Waals surface area contributed by atoms with Crippen molar-refractivity contribution in [1.82, 2.24) is 29.8 Å². The molecule has 3 saturated heterocycles. The van der Waals surface area contributed by atoms with E-state index >= 15 is 0 Å². The number of nitrogens with one attached hydrogen (secondary N) is 1. The Hall–Kier alpha value is -2.30. The quantitative estimate of drug-likeness (QED) is 0.649. The summed E-state index contributed by atoms with van der Waals surface area (Å²) in [6.07, 6.45) is 3.89. The molecule has 3 aliphatic heterocycles. The van der Waals surface area contributed by atoms with Gasteiger partial charge in [-0.05, 0) is 43.9 Å². The fourth-order valence-electron chi connectivity index (χ4n) is 5.98. The zero-order valence-corrected chi connectivity index (χ0v) is 20.6. The summed E-state index contributed by atoms with van der Waals surface area (Å²) in [6, 6.07) is 5.29. The smallest absolute Gasteiger partial charge is 0.333 e. The van der Waals surface area contributed by atoms with Gasteiger partial charge in [-0.25, -0.2) is 4.68 Å². The summed E-state index contributed by atoms with van der Waals surface area (Å²) >= 11 is 6.06. The minimum Gasteiger partial charge on any atom is -0.348 e. The average molecular weight is 509 g/mol. The van der Waals surface area contributed by atoms with Gasteiger partial charge in [-0.15, -0.1) is 0 Å². The van der Waals surface area contributed by atoms with Crippen LogP contribution in [0.3, 0.4) is 0 Å². The molecule has 35 heavy (non-hydrogen) atoms. The molecule has 3 atom stereocenters. The van der Waals surface area contributed by atoms with Gasteiger partial charge in [-0.2, -0.15) is 13.9 Å². The number of halogens is 3. The number of carbonyl (C=O) groups is 2. The number of carbonyl (C=O) groups excluding carboxylic acids is 2. The molecule has 0 radical (unpaired) electrons. The van der Waals surface area contributed by atoms with Crippen molar-refractivity contribution in [2.24, 2.45) is 0 Å². The molecule has 3 fully saturated rings. The molecule has 190 valence electrons. The van der Waals surface area contributed by atoms with Crippen LogP contribution >= 0.6 is 11.6 Å². The molecule has 2 amide bonds. The Kier molecular flexibility index (Phi) is 6.96. The number of nitrogens with zero attached hydrogens (tertiary/aromatic N) is 5. The third-order valence-corrected chi connectivity index (χ3v) is 8.01. The molecule has 0 spiro atoms.